The number of nitrogens with zero attached hydrogens (tertiary/aromatic N) is 1. The van der Waals surface area contributed by atoms with Gasteiger partial charge in [0.2, 0.25) is 0 Å². The van der Waals surface area contributed by atoms with Crippen LogP contribution < -0.4 is 0 Å². The zero-order chi connectivity index (χ0) is 13.5. The number of benzene rings is 1. The van der Waals surface area contributed by atoms with E-state index in [1.165, 1.54) is 18.4 Å². The highest BCUT2D eigenvalue weighted by molar-refractivity contribution is 9.10. The Morgan fingerprint density at radius 2 is 2.26 bits per heavy atom. The van der Waals surface area contributed by atoms with Crippen LogP contribution in [0, 0.1) is 0 Å². The Labute approximate surface area is 123 Å². The van der Waals surface area contributed by atoms with Gasteiger partial charge in [0.15, 0.2) is 0 Å². The first-order valence-corrected chi connectivity index (χ1v) is 7.63. The fourth-order valence-corrected chi connectivity index (χ4v) is 3.57. The molecule has 0 unspecified atom stereocenters. The number of methoxy groups -OCH3 is 1. The SMILES string of the molecule is COC(=O)C1(c2nc(-c3cccc(Br)c3)cs2)CC1. The van der Waals surface area contributed by atoms with Crippen molar-refractivity contribution in [1.29, 1.82) is 0 Å². The molecule has 1 fully saturated rings. The monoisotopic (exact) mass is 337 g/mol. The van der Waals surface area contributed by atoms with E-state index in [2.05, 4.69) is 20.9 Å². The van der Waals surface area contributed by atoms with E-state index in [0.717, 1.165) is 33.6 Å². The number of esters is 1. The number of carbonyl (C=O) groups is 1. The van der Waals surface area contributed by atoms with Gasteiger partial charge in [-0.05, 0) is 25.0 Å². The summed E-state index contributed by atoms with van der Waals surface area (Å²) in [6.07, 6.45) is 1.68. The number of hydrogen-bond acceptors (Lipinski definition) is 4. The highest BCUT2D eigenvalue weighted by Crippen LogP contribution is 2.50. The molecule has 1 aliphatic rings. The Bertz CT molecular complexity index is 634. The summed E-state index contributed by atoms with van der Waals surface area (Å²) in [6, 6.07) is 8.00. The van der Waals surface area contributed by atoms with Crippen LogP contribution in [0.5, 0.6) is 0 Å². The summed E-state index contributed by atoms with van der Waals surface area (Å²) in [4.78, 5) is 16.5. The van der Waals surface area contributed by atoms with Crippen LogP contribution in [0.15, 0.2) is 34.1 Å². The Morgan fingerprint density at radius 3 is 2.89 bits per heavy atom. The van der Waals surface area contributed by atoms with Gasteiger partial charge in [0.05, 0.1) is 12.8 Å². The van der Waals surface area contributed by atoms with E-state index < -0.39 is 5.41 Å². The average molecular weight is 338 g/mol. The molecule has 1 saturated carbocycles. The molecule has 0 N–H and O–H groups in total. The third kappa shape index (κ3) is 2.21. The van der Waals surface area contributed by atoms with Crippen molar-refractivity contribution in [1.82, 2.24) is 4.98 Å². The quantitative estimate of drug-likeness (QED) is 0.800. The summed E-state index contributed by atoms with van der Waals surface area (Å²) in [7, 11) is 1.44. The normalized spacial score (nSPS) is 16.1. The summed E-state index contributed by atoms with van der Waals surface area (Å²) in [5.41, 5.74) is 1.50. The van der Waals surface area contributed by atoms with Gasteiger partial charge in [-0.25, -0.2) is 4.98 Å². The Kier molecular flexibility index (Phi) is 3.19. The van der Waals surface area contributed by atoms with E-state index in [9.17, 15) is 4.79 Å². The molecule has 3 rings (SSSR count). The van der Waals surface area contributed by atoms with Gasteiger partial charge in [0.25, 0.3) is 0 Å². The number of aromatic nitrogens is 1. The zero-order valence-electron chi connectivity index (χ0n) is 10.4. The van der Waals surface area contributed by atoms with E-state index in [1.54, 1.807) is 0 Å². The molecule has 1 aliphatic carbocycles. The van der Waals surface area contributed by atoms with Crippen LogP contribution >= 0.6 is 27.3 Å². The number of thiazole rings is 1. The van der Waals surface area contributed by atoms with Crippen LogP contribution in [-0.2, 0) is 14.9 Å². The molecule has 0 spiro atoms. The smallest absolute Gasteiger partial charge is 0.318 e. The van der Waals surface area contributed by atoms with Crippen LogP contribution in [0.1, 0.15) is 17.8 Å². The molecule has 2 aromatic rings. The topological polar surface area (TPSA) is 39.2 Å². The number of halogens is 1. The zero-order valence-corrected chi connectivity index (χ0v) is 12.8. The molecule has 0 bridgehead atoms. The molecule has 1 aromatic heterocycles. The van der Waals surface area contributed by atoms with Crippen molar-refractivity contribution in [3.63, 3.8) is 0 Å². The lowest BCUT2D eigenvalue weighted by molar-refractivity contribution is -0.143. The number of carbonyl (C=O) groups excluding carboxylic acids is 1. The molecule has 1 heterocycles. The lowest BCUT2D eigenvalue weighted by atomic mass is 10.1. The summed E-state index contributed by atoms with van der Waals surface area (Å²) >= 11 is 4.99. The van der Waals surface area contributed by atoms with Crippen molar-refractivity contribution in [2.75, 3.05) is 7.11 Å². The fraction of sp³-hybridized carbons (Fsp3) is 0.286. The molecular weight excluding hydrogens is 326 g/mol. The maximum absolute atomic E-state index is 11.8. The van der Waals surface area contributed by atoms with Crippen LogP contribution in [0.3, 0.4) is 0 Å². The van der Waals surface area contributed by atoms with E-state index in [0.29, 0.717) is 0 Å². The maximum atomic E-state index is 11.8. The van der Waals surface area contributed by atoms with Crippen LogP contribution in [-0.4, -0.2) is 18.1 Å². The van der Waals surface area contributed by atoms with Gasteiger partial charge in [-0.2, -0.15) is 0 Å². The second-order valence-corrected chi connectivity index (χ2v) is 6.40. The summed E-state index contributed by atoms with van der Waals surface area (Å²) < 4.78 is 5.91. The van der Waals surface area contributed by atoms with Gasteiger partial charge in [0, 0.05) is 15.4 Å². The average Bonchev–Trinajstić information content (AvgIpc) is 3.08. The maximum Gasteiger partial charge on any atom is 0.318 e. The van der Waals surface area contributed by atoms with Crippen molar-refractivity contribution in [3.8, 4) is 11.3 Å². The standard InChI is InChI=1S/C14H12BrNO2S/c1-18-13(17)14(5-6-14)12-16-11(8-19-12)9-3-2-4-10(15)7-9/h2-4,7-8H,5-6H2,1H3. The fourth-order valence-electron chi connectivity index (χ4n) is 2.10. The molecule has 0 amide bonds. The minimum absolute atomic E-state index is 0.164. The summed E-state index contributed by atoms with van der Waals surface area (Å²) in [5, 5.41) is 2.87. The summed E-state index contributed by atoms with van der Waals surface area (Å²) in [6.45, 7) is 0. The number of rotatable bonds is 3. The lowest BCUT2D eigenvalue weighted by Gasteiger charge is -2.08. The highest BCUT2D eigenvalue weighted by Gasteiger charge is 2.55. The molecule has 3 nitrogen and oxygen atoms in total. The van der Waals surface area contributed by atoms with E-state index in [4.69, 9.17) is 4.74 Å². The predicted octanol–water partition coefficient (Wildman–Crippen LogP) is 3.78. The highest BCUT2D eigenvalue weighted by atomic mass is 79.9. The van der Waals surface area contributed by atoms with Gasteiger partial charge in [0.1, 0.15) is 10.4 Å². The molecule has 19 heavy (non-hydrogen) atoms. The third-order valence-electron chi connectivity index (χ3n) is 3.36. The lowest BCUT2D eigenvalue weighted by Crippen LogP contribution is -2.21. The second kappa shape index (κ2) is 4.72. The first kappa shape index (κ1) is 12.8. The minimum atomic E-state index is -0.469. The Balaban J connectivity index is 1.94. The van der Waals surface area contributed by atoms with Gasteiger partial charge in [-0.15, -0.1) is 11.3 Å². The van der Waals surface area contributed by atoms with E-state index in [-0.39, 0.29) is 5.97 Å². The van der Waals surface area contributed by atoms with Crippen LogP contribution in [0.4, 0.5) is 0 Å². The molecule has 0 radical (unpaired) electrons. The number of ether oxygens (including phenoxy) is 1. The molecule has 0 saturated heterocycles. The molecule has 1 aromatic carbocycles. The molecule has 5 heteroatoms. The van der Waals surface area contributed by atoms with E-state index in [1.807, 2.05) is 29.6 Å². The van der Waals surface area contributed by atoms with Gasteiger partial charge in [-0.1, -0.05) is 28.1 Å². The van der Waals surface area contributed by atoms with E-state index >= 15 is 0 Å². The minimum Gasteiger partial charge on any atom is -0.468 e. The van der Waals surface area contributed by atoms with Crippen molar-refractivity contribution < 1.29 is 9.53 Å². The van der Waals surface area contributed by atoms with Crippen LogP contribution in [0.25, 0.3) is 11.3 Å². The van der Waals surface area contributed by atoms with Gasteiger partial charge < -0.3 is 4.74 Å². The Morgan fingerprint density at radius 1 is 1.47 bits per heavy atom. The van der Waals surface area contributed by atoms with Gasteiger partial charge >= 0.3 is 5.97 Å². The first-order chi connectivity index (χ1) is 9.15. The molecule has 0 atom stereocenters. The molecule has 0 aliphatic heterocycles. The second-order valence-electron chi connectivity index (χ2n) is 4.62. The van der Waals surface area contributed by atoms with Crippen molar-refractivity contribution in [3.05, 3.63) is 39.1 Å². The molecular formula is C14H12BrNO2S. The predicted molar refractivity (Wildman–Crippen MR) is 78.2 cm³/mol. The molecule has 98 valence electrons. The largest absolute Gasteiger partial charge is 0.468 e. The summed E-state index contributed by atoms with van der Waals surface area (Å²) in [5.74, 6) is -0.164. The van der Waals surface area contributed by atoms with Crippen LogP contribution in [0.2, 0.25) is 0 Å². The number of hydrogen-bond donors (Lipinski definition) is 0. The van der Waals surface area contributed by atoms with Crippen molar-refractivity contribution in [2.45, 2.75) is 18.3 Å². The van der Waals surface area contributed by atoms with Crippen molar-refractivity contribution in [2.24, 2.45) is 0 Å². The van der Waals surface area contributed by atoms with Gasteiger partial charge in [-0.3, -0.25) is 4.79 Å². The first-order valence-electron chi connectivity index (χ1n) is 5.96. The van der Waals surface area contributed by atoms with Crippen molar-refractivity contribution >= 4 is 33.2 Å². The Hall–Kier alpha value is -1.20. The third-order valence-corrected chi connectivity index (χ3v) is 4.90.